The number of esters is 2. The molecule has 1 unspecified atom stereocenters. The van der Waals surface area contributed by atoms with Crippen LogP contribution in [0.15, 0.2) is 24.3 Å². The van der Waals surface area contributed by atoms with Gasteiger partial charge < -0.3 is 21.8 Å². The number of ether oxygens (including phenoxy) is 2. The molecule has 14 heteroatoms. The van der Waals surface area contributed by atoms with Gasteiger partial charge in [-0.2, -0.15) is 13.2 Å². The van der Waals surface area contributed by atoms with Crippen LogP contribution in [0.1, 0.15) is 79.7 Å². The second-order valence-corrected chi connectivity index (χ2v) is 25.8. The molecule has 0 aliphatic rings. The number of hydrogen-bond donors (Lipinski definition) is 0. The zero-order valence-corrected chi connectivity index (χ0v) is 25.7. The molecule has 7 nitrogen and oxygen atoms in total. The summed E-state index contributed by atoms with van der Waals surface area (Å²) in [5.74, 6) is -1.12. The first-order valence-corrected chi connectivity index (χ1v) is 22.4. The number of alkyl halides is 3. The molecule has 0 aromatic rings. The van der Waals surface area contributed by atoms with E-state index in [1.807, 2.05) is 13.1 Å². The third kappa shape index (κ3) is 29.0. The van der Waals surface area contributed by atoms with Gasteiger partial charge in [-0.25, -0.2) is 9.59 Å². The van der Waals surface area contributed by atoms with Crippen molar-refractivity contribution in [2.45, 2.75) is 138 Å². The van der Waals surface area contributed by atoms with E-state index in [0.29, 0.717) is 0 Å². The largest absolute Gasteiger partial charge is 0.463 e. The predicted molar refractivity (Wildman–Crippen MR) is 188 cm³/mol. The van der Waals surface area contributed by atoms with Gasteiger partial charge in [-0.05, 0) is 65.7 Å². The molecule has 0 fully saturated rings. The summed E-state index contributed by atoms with van der Waals surface area (Å²) in [4.78, 5) is 23.5. The lowest BCUT2D eigenvalue weighted by atomic mass is 10.4. The van der Waals surface area contributed by atoms with Crippen LogP contribution in [-0.2, 0) is 31.4 Å². The molecule has 0 heterocycles. The minimum Gasteiger partial charge on any atom is -0.463 e. The SMILES string of the molecule is C.C.C.C.C.C.C.C.C=C(C)C(=O)OC[Si](C)(C)O[Si](C)(C)O[Si](C)(CCC(F)(F)F)O[Si](C)(C)COC(=O)C(=C)C. The van der Waals surface area contributed by atoms with Gasteiger partial charge in [0.15, 0.2) is 0 Å². The second kappa shape index (κ2) is 24.3. The summed E-state index contributed by atoms with van der Waals surface area (Å²) < 4.78 is 68.5. The fourth-order valence-electron chi connectivity index (χ4n) is 3.07. The molecule has 0 amide bonds. The van der Waals surface area contributed by atoms with Gasteiger partial charge >= 0.3 is 35.2 Å². The van der Waals surface area contributed by atoms with Gasteiger partial charge in [0.25, 0.3) is 0 Å². The maximum Gasteiger partial charge on any atom is 0.389 e. The first kappa shape index (κ1) is 64.0. The van der Waals surface area contributed by atoms with E-state index in [1.165, 1.54) is 13.8 Å². The molecule has 0 N–H and O–H groups in total. The van der Waals surface area contributed by atoms with Gasteiger partial charge in [0.05, 0.1) is 0 Å². The minimum absolute atomic E-state index is 0. The Morgan fingerprint density at radius 3 is 1.21 bits per heavy atom. The van der Waals surface area contributed by atoms with Gasteiger partial charge in [-0.15, -0.1) is 0 Å². The van der Waals surface area contributed by atoms with Gasteiger partial charge in [-0.3, -0.25) is 0 Å². The minimum atomic E-state index is -4.38. The van der Waals surface area contributed by atoms with Crippen LogP contribution in [0.5, 0.6) is 0 Å². The van der Waals surface area contributed by atoms with Crippen molar-refractivity contribution in [2.75, 3.05) is 12.5 Å². The van der Waals surface area contributed by atoms with Gasteiger partial charge in [0, 0.05) is 17.6 Å². The van der Waals surface area contributed by atoms with E-state index in [0.717, 1.165) is 0 Å². The third-order valence-corrected chi connectivity index (χ3v) is 18.8. The smallest absolute Gasteiger partial charge is 0.389 e. The van der Waals surface area contributed by atoms with E-state index in [4.69, 9.17) is 21.8 Å². The maximum absolute atomic E-state index is 13.1. The molecule has 0 aromatic heterocycles. The van der Waals surface area contributed by atoms with E-state index >= 15 is 0 Å². The quantitative estimate of drug-likeness (QED) is 0.102. The number of carbonyl (C=O) groups excluding carboxylic acids is 2. The highest BCUT2D eigenvalue weighted by Crippen LogP contribution is 2.32. The molecule has 1 atom stereocenters. The maximum atomic E-state index is 13.1. The fraction of sp³-hybridized carbons (Fsp3) is 0.786. The van der Waals surface area contributed by atoms with Crippen LogP contribution in [0.4, 0.5) is 13.2 Å². The standard InChI is InChI=1S/C20H39F3O7Si4.8CH4/c1-16(2)18(24)26-14-31(5,6)28-33(9,10)30-34(11,13-12-20(21,22)23)29-32(7,8)15-27-19(25)17(3)4;;;;;;;;/h1,3,12-15H2,2,4-11H3;8*1H4. The topological polar surface area (TPSA) is 80.3 Å². The van der Waals surface area contributed by atoms with Crippen LogP contribution in [0, 0.1) is 0 Å². The fourth-order valence-corrected chi connectivity index (χ4v) is 21.3. The second-order valence-electron chi connectivity index (χ2n) is 10.2. The van der Waals surface area contributed by atoms with Crippen molar-refractivity contribution in [3.63, 3.8) is 0 Å². The summed E-state index contributed by atoms with van der Waals surface area (Å²) >= 11 is 0. The summed E-state index contributed by atoms with van der Waals surface area (Å²) in [6.45, 7) is 22.3. The molecule has 42 heavy (non-hydrogen) atoms. The van der Waals surface area contributed by atoms with Crippen LogP contribution < -0.4 is 0 Å². The molecular weight excluding hydrogens is 618 g/mol. The summed E-state index contributed by atoms with van der Waals surface area (Å²) in [6.07, 6.45) is -5.43. The van der Waals surface area contributed by atoms with E-state index in [-0.39, 0.29) is 89.1 Å². The first-order chi connectivity index (χ1) is 15.0. The lowest BCUT2D eigenvalue weighted by molar-refractivity contribution is -0.138. The Morgan fingerprint density at radius 2 is 0.929 bits per heavy atom. The Balaban J connectivity index is -0.000000194. The normalized spacial score (nSPS) is 12.0. The van der Waals surface area contributed by atoms with Crippen molar-refractivity contribution in [3.8, 4) is 0 Å². The van der Waals surface area contributed by atoms with E-state index in [2.05, 4.69) is 13.2 Å². The highest BCUT2D eigenvalue weighted by atomic mass is 28.5. The Labute approximate surface area is 264 Å². The lowest BCUT2D eigenvalue weighted by Gasteiger charge is -2.42. The first-order valence-electron chi connectivity index (χ1n) is 10.8. The molecule has 0 aromatic carbocycles. The predicted octanol–water partition coefficient (Wildman–Crippen LogP) is 10.6. The molecule has 0 spiro atoms. The van der Waals surface area contributed by atoms with Crippen LogP contribution in [0.3, 0.4) is 0 Å². The Hall–Kier alpha value is -1.04. The molecule has 0 aliphatic carbocycles. The van der Waals surface area contributed by atoms with Crippen molar-refractivity contribution >= 4 is 45.7 Å². The van der Waals surface area contributed by atoms with Crippen LogP contribution in [0.2, 0.25) is 51.9 Å². The Bertz CT molecular complexity index is 775. The van der Waals surface area contributed by atoms with Crippen LogP contribution >= 0.6 is 0 Å². The molecule has 0 saturated carbocycles. The Kier molecular flexibility index (Phi) is 37.0. The van der Waals surface area contributed by atoms with E-state index < -0.39 is 58.3 Å². The summed E-state index contributed by atoms with van der Waals surface area (Å²) in [5, 5.41) is 0. The van der Waals surface area contributed by atoms with Crippen molar-refractivity contribution < 1.29 is 44.6 Å². The van der Waals surface area contributed by atoms with E-state index in [9.17, 15) is 22.8 Å². The van der Waals surface area contributed by atoms with Crippen LogP contribution in [-0.4, -0.2) is 64.3 Å². The molecule has 0 rings (SSSR count). The van der Waals surface area contributed by atoms with Gasteiger partial charge in [0.2, 0.25) is 16.6 Å². The number of halogens is 3. The third-order valence-electron chi connectivity index (χ3n) is 4.14. The summed E-state index contributed by atoms with van der Waals surface area (Å²) in [6, 6.07) is -0.326. The van der Waals surface area contributed by atoms with E-state index in [1.54, 1.807) is 32.7 Å². The monoisotopic (exact) mass is 688 g/mol. The highest BCUT2D eigenvalue weighted by molar-refractivity contribution is 6.89. The van der Waals surface area contributed by atoms with Crippen molar-refractivity contribution in [2.24, 2.45) is 0 Å². The zero-order chi connectivity index (χ0) is 27.2. The molecule has 262 valence electrons. The molecule has 0 radical (unpaired) electrons. The average molecular weight is 689 g/mol. The molecule has 0 bridgehead atoms. The molecule has 0 aliphatic heterocycles. The van der Waals surface area contributed by atoms with Crippen molar-refractivity contribution in [1.82, 2.24) is 0 Å². The number of rotatable bonds is 14. The molecular formula is C28H71F3O7Si4. The van der Waals surface area contributed by atoms with Gasteiger partial charge in [-0.1, -0.05) is 72.6 Å². The summed E-state index contributed by atoms with van der Waals surface area (Å²) in [7, 11) is -11.8. The molecule has 0 saturated heterocycles. The van der Waals surface area contributed by atoms with Crippen molar-refractivity contribution in [1.29, 1.82) is 0 Å². The van der Waals surface area contributed by atoms with Gasteiger partial charge in [0.1, 0.15) is 12.5 Å². The highest BCUT2D eigenvalue weighted by Gasteiger charge is 2.48. The number of carbonyl (C=O) groups is 2. The average Bonchev–Trinajstić information content (AvgIpc) is 2.60. The summed E-state index contributed by atoms with van der Waals surface area (Å²) in [5.41, 5.74) is 0.484. The van der Waals surface area contributed by atoms with Crippen LogP contribution in [0.25, 0.3) is 0 Å². The lowest BCUT2D eigenvalue weighted by Crippen LogP contribution is -2.59. The van der Waals surface area contributed by atoms with Crippen molar-refractivity contribution in [3.05, 3.63) is 24.3 Å². The zero-order valence-electron chi connectivity index (χ0n) is 21.7. The Morgan fingerprint density at radius 1 is 0.619 bits per heavy atom. The number of hydrogen-bond acceptors (Lipinski definition) is 7.